The molecule has 5 heteroatoms. The van der Waals surface area contributed by atoms with Gasteiger partial charge in [-0.2, -0.15) is 5.26 Å². The van der Waals surface area contributed by atoms with Crippen molar-refractivity contribution in [2.45, 2.75) is 37.9 Å². The summed E-state index contributed by atoms with van der Waals surface area (Å²) in [7, 11) is -2.07. The van der Waals surface area contributed by atoms with Gasteiger partial charge in [-0.05, 0) is 13.5 Å². The van der Waals surface area contributed by atoms with Crippen LogP contribution in [0.3, 0.4) is 0 Å². The van der Waals surface area contributed by atoms with Gasteiger partial charge in [0.25, 0.3) is 0 Å². The van der Waals surface area contributed by atoms with E-state index in [2.05, 4.69) is 4.72 Å². The first-order chi connectivity index (χ1) is 6.08. The summed E-state index contributed by atoms with van der Waals surface area (Å²) in [6.07, 6.45) is 3.21. The molecule has 0 aliphatic carbocycles. The Balaban J connectivity index is 4.14. The van der Waals surface area contributed by atoms with Crippen molar-refractivity contribution in [3.63, 3.8) is 0 Å². The van der Waals surface area contributed by atoms with Gasteiger partial charge in [-0.1, -0.05) is 26.2 Å². The molecule has 1 unspecified atom stereocenters. The van der Waals surface area contributed by atoms with Crippen LogP contribution >= 0.6 is 0 Å². The van der Waals surface area contributed by atoms with Crippen molar-refractivity contribution < 1.29 is 8.42 Å². The predicted octanol–water partition coefficient (Wildman–Crippen LogP) is 1.01. The van der Waals surface area contributed by atoms with Crippen LogP contribution in [0.25, 0.3) is 0 Å². The molecule has 76 valence electrons. The van der Waals surface area contributed by atoms with Gasteiger partial charge in [-0.3, -0.25) is 0 Å². The third kappa shape index (κ3) is 4.25. The summed E-state index contributed by atoms with van der Waals surface area (Å²) in [5.74, 6) is 0. The first-order valence-corrected chi connectivity index (χ1v) is 5.95. The Labute approximate surface area is 80.0 Å². The fourth-order valence-electron chi connectivity index (χ4n) is 1.01. The molecule has 0 heterocycles. The van der Waals surface area contributed by atoms with Crippen molar-refractivity contribution >= 4 is 10.0 Å². The van der Waals surface area contributed by atoms with E-state index in [0.717, 1.165) is 19.3 Å². The number of nitrogens with one attached hydrogen (secondary N) is 1. The first-order valence-electron chi connectivity index (χ1n) is 4.40. The highest BCUT2D eigenvalue weighted by Crippen LogP contribution is 2.09. The average molecular weight is 204 g/mol. The Morgan fingerprint density at radius 2 is 2.08 bits per heavy atom. The Morgan fingerprint density at radius 3 is 2.46 bits per heavy atom. The van der Waals surface area contributed by atoms with E-state index in [1.807, 2.05) is 6.92 Å². The van der Waals surface area contributed by atoms with Crippen LogP contribution in [0, 0.1) is 11.3 Å². The molecule has 13 heavy (non-hydrogen) atoms. The fourth-order valence-corrected chi connectivity index (χ4v) is 1.91. The summed E-state index contributed by atoms with van der Waals surface area (Å²) in [6, 6.07) is 1.80. The van der Waals surface area contributed by atoms with Gasteiger partial charge in [0.2, 0.25) is 10.0 Å². The van der Waals surface area contributed by atoms with Gasteiger partial charge in [0.15, 0.2) is 5.25 Å². The predicted molar refractivity (Wildman–Crippen MR) is 51.5 cm³/mol. The van der Waals surface area contributed by atoms with Crippen LogP contribution < -0.4 is 4.72 Å². The molecule has 0 radical (unpaired) electrons. The van der Waals surface area contributed by atoms with E-state index in [1.165, 1.54) is 7.05 Å². The van der Waals surface area contributed by atoms with Crippen LogP contribution in [-0.4, -0.2) is 20.7 Å². The van der Waals surface area contributed by atoms with Crippen LogP contribution in [0.4, 0.5) is 0 Å². The van der Waals surface area contributed by atoms with Gasteiger partial charge in [0.05, 0.1) is 6.07 Å². The number of sulfonamides is 1. The lowest BCUT2D eigenvalue weighted by molar-refractivity contribution is 0.570. The van der Waals surface area contributed by atoms with Gasteiger partial charge < -0.3 is 0 Å². The molecule has 1 N–H and O–H groups in total. The Morgan fingerprint density at radius 1 is 1.46 bits per heavy atom. The van der Waals surface area contributed by atoms with Crippen LogP contribution in [0.2, 0.25) is 0 Å². The SMILES string of the molecule is CCCCCC(C#N)S(=O)(=O)NC. The largest absolute Gasteiger partial charge is 0.227 e. The highest BCUT2D eigenvalue weighted by molar-refractivity contribution is 7.90. The Bertz CT molecular complexity index is 266. The van der Waals surface area contributed by atoms with E-state index in [-0.39, 0.29) is 0 Å². The van der Waals surface area contributed by atoms with E-state index in [0.29, 0.717) is 6.42 Å². The lowest BCUT2D eigenvalue weighted by atomic mass is 10.2. The molecule has 0 aliphatic rings. The van der Waals surface area contributed by atoms with Crippen LogP contribution in [-0.2, 0) is 10.0 Å². The molecule has 0 bridgehead atoms. The molecule has 1 atom stereocenters. The molecule has 0 rings (SSSR count). The zero-order chi connectivity index (χ0) is 10.3. The molecular formula is C8H16N2O2S. The van der Waals surface area contributed by atoms with Gasteiger partial charge >= 0.3 is 0 Å². The molecule has 4 nitrogen and oxygen atoms in total. The molecule has 0 amide bonds. The minimum atomic E-state index is -3.40. The van der Waals surface area contributed by atoms with Crippen molar-refractivity contribution in [3.05, 3.63) is 0 Å². The number of hydrogen-bond donors (Lipinski definition) is 1. The number of rotatable bonds is 6. The zero-order valence-electron chi connectivity index (χ0n) is 8.08. The number of hydrogen-bond acceptors (Lipinski definition) is 3. The highest BCUT2D eigenvalue weighted by Gasteiger charge is 2.22. The molecule has 0 aromatic carbocycles. The lowest BCUT2D eigenvalue weighted by Gasteiger charge is -2.08. The van der Waals surface area contributed by atoms with Crippen molar-refractivity contribution in [2.75, 3.05) is 7.05 Å². The van der Waals surface area contributed by atoms with E-state index in [9.17, 15) is 8.42 Å². The molecule has 0 aliphatic heterocycles. The molecule has 0 saturated carbocycles. The summed E-state index contributed by atoms with van der Waals surface area (Å²) in [5, 5.41) is 7.72. The number of nitrogens with zero attached hydrogens (tertiary/aromatic N) is 1. The monoisotopic (exact) mass is 204 g/mol. The highest BCUT2D eigenvalue weighted by atomic mass is 32.2. The number of unbranched alkanes of at least 4 members (excludes halogenated alkanes) is 2. The van der Waals surface area contributed by atoms with Gasteiger partial charge in [-0.15, -0.1) is 0 Å². The minimum Gasteiger partial charge on any atom is -0.217 e. The van der Waals surface area contributed by atoms with Gasteiger partial charge in [0, 0.05) is 0 Å². The summed E-state index contributed by atoms with van der Waals surface area (Å²) in [5.41, 5.74) is 0. The Kier molecular flexibility index (Phi) is 5.67. The molecule has 0 aromatic rings. The van der Waals surface area contributed by atoms with Crippen molar-refractivity contribution in [1.82, 2.24) is 4.72 Å². The third-order valence-electron chi connectivity index (χ3n) is 1.87. The standard InChI is InChI=1S/C8H16N2O2S/c1-3-4-5-6-8(7-9)13(11,12)10-2/h8,10H,3-6H2,1-2H3. The number of nitriles is 1. The van der Waals surface area contributed by atoms with E-state index >= 15 is 0 Å². The van der Waals surface area contributed by atoms with Crippen LogP contribution in [0.5, 0.6) is 0 Å². The Hall–Kier alpha value is -0.600. The van der Waals surface area contributed by atoms with E-state index in [1.54, 1.807) is 6.07 Å². The molecule has 0 fully saturated rings. The second kappa shape index (κ2) is 5.95. The summed E-state index contributed by atoms with van der Waals surface area (Å²) in [4.78, 5) is 0. The van der Waals surface area contributed by atoms with Crippen LogP contribution in [0.15, 0.2) is 0 Å². The van der Waals surface area contributed by atoms with Crippen molar-refractivity contribution in [2.24, 2.45) is 0 Å². The topological polar surface area (TPSA) is 70.0 Å². The van der Waals surface area contributed by atoms with Crippen molar-refractivity contribution in [1.29, 1.82) is 5.26 Å². The lowest BCUT2D eigenvalue weighted by Crippen LogP contribution is -2.30. The van der Waals surface area contributed by atoms with E-state index < -0.39 is 15.3 Å². The quantitative estimate of drug-likeness (QED) is 0.656. The normalized spacial score (nSPS) is 13.6. The summed E-state index contributed by atoms with van der Waals surface area (Å²) >= 11 is 0. The van der Waals surface area contributed by atoms with Crippen molar-refractivity contribution in [3.8, 4) is 6.07 Å². The minimum absolute atomic E-state index is 0.424. The van der Waals surface area contributed by atoms with E-state index in [4.69, 9.17) is 5.26 Å². The zero-order valence-corrected chi connectivity index (χ0v) is 8.89. The third-order valence-corrected chi connectivity index (χ3v) is 3.53. The molecule has 0 aromatic heterocycles. The first kappa shape index (κ1) is 12.4. The fraction of sp³-hybridized carbons (Fsp3) is 0.875. The maximum absolute atomic E-state index is 11.2. The molecule has 0 spiro atoms. The summed E-state index contributed by atoms with van der Waals surface area (Å²) < 4.78 is 24.6. The average Bonchev–Trinajstić information content (AvgIpc) is 2.12. The van der Waals surface area contributed by atoms with Gasteiger partial charge in [-0.25, -0.2) is 13.1 Å². The van der Waals surface area contributed by atoms with Gasteiger partial charge in [0.1, 0.15) is 0 Å². The smallest absolute Gasteiger partial charge is 0.217 e. The van der Waals surface area contributed by atoms with Crippen LogP contribution in [0.1, 0.15) is 32.6 Å². The molecule has 0 saturated heterocycles. The maximum Gasteiger partial charge on any atom is 0.227 e. The maximum atomic E-state index is 11.2. The molecular weight excluding hydrogens is 188 g/mol. The second-order valence-corrected chi connectivity index (χ2v) is 4.93. The second-order valence-electron chi connectivity index (χ2n) is 2.86. The summed E-state index contributed by atoms with van der Waals surface area (Å²) in [6.45, 7) is 2.04.